The third-order valence-corrected chi connectivity index (χ3v) is 3.40. The molecule has 0 atom stereocenters. The summed E-state index contributed by atoms with van der Waals surface area (Å²) in [7, 11) is 2.18. The van der Waals surface area contributed by atoms with Crippen LogP contribution in [-0.2, 0) is 6.54 Å². The van der Waals surface area contributed by atoms with Crippen molar-refractivity contribution in [2.75, 3.05) is 25.0 Å². The number of rotatable bonds is 7. The zero-order chi connectivity index (χ0) is 13.0. The topological polar surface area (TPSA) is 28.2 Å². The Morgan fingerprint density at radius 3 is 2.89 bits per heavy atom. The van der Waals surface area contributed by atoms with E-state index in [1.807, 2.05) is 12.4 Å². The molecule has 3 nitrogen and oxygen atoms in total. The van der Waals surface area contributed by atoms with Gasteiger partial charge in [0.25, 0.3) is 0 Å². The van der Waals surface area contributed by atoms with E-state index in [2.05, 4.69) is 42.2 Å². The van der Waals surface area contributed by atoms with Crippen molar-refractivity contribution < 1.29 is 0 Å². The fourth-order valence-corrected chi connectivity index (χ4v) is 2.19. The summed E-state index contributed by atoms with van der Waals surface area (Å²) in [5.74, 6) is 1.60. The van der Waals surface area contributed by atoms with Gasteiger partial charge in [0.2, 0.25) is 0 Å². The normalized spacial score (nSPS) is 15.1. The maximum Gasteiger partial charge on any atom is 0.0595 e. The van der Waals surface area contributed by atoms with Crippen LogP contribution in [-0.4, -0.2) is 25.1 Å². The Balaban J connectivity index is 1.95. The van der Waals surface area contributed by atoms with Crippen LogP contribution in [0.4, 0.5) is 5.69 Å². The molecule has 1 heterocycles. The Labute approximate surface area is 111 Å². The molecule has 0 amide bonds. The summed E-state index contributed by atoms with van der Waals surface area (Å²) >= 11 is 0. The van der Waals surface area contributed by atoms with Crippen LogP contribution in [0, 0.1) is 11.8 Å². The van der Waals surface area contributed by atoms with Crippen LogP contribution >= 0.6 is 0 Å². The first-order valence-electron chi connectivity index (χ1n) is 7.01. The molecule has 1 fully saturated rings. The molecule has 0 aromatic carbocycles. The molecule has 3 heteroatoms. The number of aromatic nitrogens is 1. The van der Waals surface area contributed by atoms with Gasteiger partial charge in [-0.15, -0.1) is 0 Å². The lowest BCUT2D eigenvalue weighted by Gasteiger charge is -2.22. The first kappa shape index (κ1) is 13.3. The predicted molar refractivity (Wildman–Crippen MR) is 76.8 cm³/mol. The molecule has 0 bridgehead atoms. The van der Waals surface area contributed by atoms with Crippen LogP contribution in [0.2, 0.25) is 0 Å². The molecule has 0 unspecified atom stereocenters. The van der Waals surface area contributed by atoms with Gasteiger partial charge in [0.05, 0.1) is 11.9 Å². The first-order valence-corrected chi connectivity index (χ1v) is 7.01. The molecule has 2 rings (SSSR count). The summed E-state index contributed by atoms with van der Waals surface area (Å²) in [5, 5.41) is 3.51. The van der Waals surface area contributed by atoms with Gasteiger partial charge in [0.1, 0.15) is 0 Å². The summed E-state index contributed by atoms with van der Waals surface area (Å²) in [6.45, 7) is 7.64. The minimum absolute atomic E-state index is 0.694. The molecule has 1 aromatic heterocycles. The summed E-state index contributed by atoms with van der Waals surface area (Å²) in [4.78, 5) is 6.63. The average molecular weight is 247 g/mol. The van der Waals surface area contributed by atoms with Crippen molar-refractivity contribution in [2.45, 2.75) is 33.2 Å². The second kappa shape index (κ2) is 6.19. The third kappa shape index (κ3) is 3.98. The van der Waals surface area contributed by atoms with E-state index in [0.29, 0.717) is 5.92 Å². The highest BCUT2D eigenvalue weighted by atomic mass is 15.1. The lowest BCUT2D eigenvalue weighted by atomic mass is 10.2. The van der Waals surface area contributed by atoms with Crippen LogP contribution in [0.3, 0.4) is 0 Å². The summed E-state index contributed by atoms with van der Waals surface area (Å²) < 4.78 is 0. The molecule has 0 radical (unpaired) electrons. The fourth-order valence-electron chi connectivity index (χ4n) is 2.19. The Morgan fingerprint density at radius 1 is 1.44 bits per heavy atom. The number of nitrogens with one attached hydrogen (secondary N) is 1. The van der Waals surface area contributed by atoms with Gasteiger partial charge >= 0.3 is 0 Å². The molecule has 1 aliphatic rings. The van der Waals surface area contributed by atoms with E-state index in [0.717, 1.165) is 19.0 Å². The number of anilines is 1. The van der Waals surface area contributed by atoms with Crippen molar-refractivity contribution in [1.82, 2.24) is 10.3 Å². The Hall–Kier alpha value is -1.09. The van der Waals surface area contributed by atoms with Crippen LogP contribution in [0.25, 0.3) is 0 Å². The van der Waals surface area contributed by atoms with Gasteiger partial charge in [0, 0.05) is 26.3 Å². The van der Waals surface area contributed by atoms with Crippen molar-refractivity contribution in [3.05, 3.63) is 24.0 Å². The van der Waals surface area contributed by atoms with Crippen LogP contribution in [0.15, 0.2) is 18.5 Å². The highest BCUT2D eigenvalue weighted by Gasteiger charge is 2.23. The van der Waals surface area contributed by atoms with Crippen molar-refractivity contribution in [1.29, 1.82) is 0 Å². The molecule has 0 aliphatic heterocycles. The van der Waals surface area contributed by atoms with Crippen LogP contribution < -0.4 is 10.2 Å². The first-order chi connectivity index (χ1) is 8.66. The van der Waals surface area contributed by atoms with Crippen molar-refractivity contribution in [3.8, 4) is 0 Å². The lowest BCUT2D eigenvalue weighted by Crippen LogP contribution is -2.24. The Morgan fingerprint density at radius 2 is 2.22 bits per heavy atom. The molecule has 100 valence electrons. The monoisotopic (exact) mass is 247 g/mol. The zero-order valence-corrected chi connectivity index (χ0v) is 11.8. The maximum atomic E-state index is 4.27. The van der Waals surface area contributed by atoms with E-state index in [9.17, 15) is 0 Å². The van der Waals surface area contributed by atoms with E-state index in [-0.39, 0.29) is 0 Å². The Kier molecular flexibility index (Phi) is 4.59. The van der Waals surface area contributed by atoms with E-state index >= 15 is 0 Å². The Bertz CT molecular complexity index is 372. The molecule has 0 spiro atoms. The molecule has 1 N–H and O–H groups in total. The van der Waals surface area contributed by atoms with E-state index in [1.54, 1.807) is 0 Å². The van der Waals surface area contributed by atoms with Gasteiger partial charge in [-0.05, 0) is 42.9 Å². The fraction of sp³-hybridized carbons (Fsp3) is 0.667. The molecule has 18 heavy (non-hydrogen) atoms. The van der Waals surface area contributed by atoms with E-state index in [1.165, 1.54) is 30.6 Å². The molecular formula is C15H25N3. The van der Waals surface area contributed by atoms with E-state index in [4.69, 9.17) is 0 Å². The van der Waals surface area contributed by atoms with Gasteiger partial charge in [-0.25, -0.2) is 0 Å². The number of hydrogen-bond donors (Lipinski definition) is 1. The summed E-state index contributed by atoms with van der Waals surface area (Å²) in [6, 6.07) is 2.13. The number of hydrogen-bond acceptors (Lipinski definition) is 3. The zero-order valence-electron chi connectivity index (χ0n) is 11.8. The van der Waals surface area contributed by atoms with Gasteiger partial charge in [-0.2, -0.15) is 0 Å². The highest BCUT2D eigenvalue weighted by molar-refractivity contribution is 5.51. The standard InChI is InChI=1S/C15H25N3/c1-12(2)8-17-9-14-6-7-16-10-15(14)18(3)11-13-4-5-13/h6-7,10,12-13,17H,4-5,8-9,11H2,1-3H3. The minimum atomic E-state index is 0.694. The van der Waals surface area contributed by atoms with Gasteiger partial charge in [-0.1, -0.05) is 13.8 Å². The lowest BCUT2D eigenvalue weighted by molar-refractivity contribution is 0.552. The minimum Gasteiger partial charge on any atom is -0.373 e. The quantitative estimate of drug-likeness (QED) is 0.803. The predicted octanol–water partition coefficient (Wildman–Crippen LogP) is 2.67. The molecule has 1 saturated carbocycles. The molecule has 1 aliphatic carbocycles. The number of nitrogens with zero attached hydrogens (tertiary/aromatic N) is 2. The third-order valence-electron chi connectivity index (χ3n) is 3.40. The van der Waals surface area contributed by atoms with Crippen molar-refractivity contribution in [3.63, 3.8) is 0 Å². The second-order valence-electron chi connectivity index (χ2n) is 5.85. The van der Waals surface area contributed by atoms with Crippen LogP contribution in [0.1, 0.15) is 32.3 Å². The largest absolute Gasteiger partial charge is 0.373 e. The van der Waals surface area contributed by atoms with Crippen LogP contribution in [0.5, 0.6) is 0 Å². The molecule has 1 aromatic rings. The van der Waals surface area contributed by atoms with Gasteiger partial charge in [-0.3, -0.25) is 4.98 Å². The van der Waals surface area contributed by atoms with Gasteiger partial charge < -0.3 is 10.2 Å². The highest BCUT2D eigenvalue weighted by Crippen LogP contribution is 2.31. The SMILES string of the molecule is CC(C)CNCc1ccncc1N(C)CC1CC1. The maximum absolute atomic E-state index is 4.27. The van der Waals surface area contributed by atoms with E-state index < -0.39 is 0 Å². The average Bonchev–Trinajstić information content (AvgIpc) is 3.13. The summed E-state index contributed by atoms with van der Waals surface area (Å²) in [5.41, 5.74) is 2.63. The number of pyridine rings is 1. The molecule has 0 saturated heterocycles. The smallest absolute Gasteiger partial charge is 0.0595 e. The van der Waals surface area contributed by atoms with Gasteiger partial charge in [0.15, 0.2) is 0 Å². The molecular weight excluding hydrogens is 222 g/mol. The second-order valence-corrected chi connectivity index (χ2v) is 5.85. The summed E-state index contributed by atoms with van der Waals surface area (Å²) in [6.07, 6.45) is 6.67. The van der Waals surface area contributed by atoms with Crippen molar-refractivity contribution >= 4 is 5.69 Å². The van der Waals surface area contributed by atoms with Crippen molar-refractivity contribution in [2.24, 2.45) is 11.8 Å².